The second kappa shape index (κ2) is 10.5. The summed E-state index contributed by atoms with van der Waals surface area (Å²) in [7, 11) is 3.37. The molecule has 28 heavy (non-hydrogen) atoms. The zero-order chi connectivity index (χ0) is 20.5. The topological polar surface area (TPSA) is 74.6 Å². The number of hydrogen-bond acceptors (Lipinski definition) is 7. The molecule has 0 amide bonds. The highest BCUT2D eigenvalue weighted by atomic mass is 32.1. The molecule has 0 saturated heterocycles. The second-order valence-electron chi connectivity index (χ2n) is 6.08. The Labute approximate surface area is 169 Å². The van der Waals surface area contributed by atoms with E-state index in [1.54, 1.807) is 21.1 Å². The summed E-state index contributed by atoms with van der Waals surface area (Å²) in [5.74, 6) is 0. The number of aryl methyl sites for hydroxylation is 1. The molecule has 0 aliphatic heterocycles. The number of methoxy groups -OCH3 is 2. The van der Waals surface area contributed by atoms with E-state index in [1.807, 2.05) is 19.1 Å². The lowest BCUT2D eigenvalue weighted by Crippen LogP contribution is -2.30. The van der Waals surface area contributed by atoms with Gasteiger partial charge in [-0.1, -0.05) is 0 Å². The normalized spacial score (nSPS) is 10.8. The maximum atomic E-state index is 9.33. The number of nitriles is 1. The van der Waals surface area contributed by atoms with Crippen LogP contribution in [-0.2, 0) is 9.47 Å². The first-order valence-electron chi connectivity index (χ1n) is 8.71. The first-order valence-corrected chi connectivity index (χ1v) is 9.53. The number of thiophene rings is 1. The van der Waals surface area contributed by atoms with Crippen LogP contribution in [0, 0.1) is 31.8 Å². The fourth-order valence-corrected chi connectivity index (χ4v) is 3.48. The number of ether oxygens (including phenoxy) is 2. The SMILES string of the molecule is [C-]#[N+]c1sc(N=Nc2ccc(N(CCOC)CCOC)cc2C)c(C#N)c1C. The van der Waals surface area contributed by atoms with E-state index in [1.165, 1.54) is 11.3 Å². The molecule has 1 aromatic carbocycles. The number of rotatable bonds is 9. The van der Waals surface area contributed by atoms with Crippen molar-refractivity contribution in [2.45, 2.75) is 13.8 Å². The van der Waals surface area contributed by atoms with E-state index < -0.39 is 0 Å². The fourth-order valence-electron chi connectivity index (χ4n) is 2.62. The molecule has 0 N–H and O–H groups in total. The van der Waals surface area contributed by atoms with Gasteiger partial charge in [0.25, 0.3) is 0 Å². The Balaban J connectivity index is 2.26. The molecule has 0 bridgehead atoms. The van der Waals surface area contributed by atoms with Crippen molar-refractivity contribution < 1.29 is 9.47 Å². The number of hydrogen-bond donors (Lipinski definition) is 0. The summed E-state index contributed by atoms with van der Waals surface area (Å²) in [4.78, 5) is 5.64. The maximum absolute atomic E-state index is 9.33. The van der Waals surface area contributed by atoms with Gasteiger partial charge in [-0.25, -0.2) is 4.85 Å². The number of benzene rings is 1. The van der Waals surface area contributed by atoms with Crippen LogP contribution in [0.5, 0.6) is 0 Å². The van der Waals surface area contributed by atoms with Gasteiger partial charge in [0.15, 0.2) is 0 Å². The molecule has 2 rings (SSSR count). The van der Waals surface area contributed by atoms with E-state index >= 15 is 0 Å². The minimum Gasteiger partial charge on any atom is -0.383 e. The zero-order valence-electron chi connectivity index (χ0n) is 16.5. The van der Waals surface area contributed by atoms with Crippen molar-refractivity contribution in [1.29, 1.82) is 5.26 Å². The van der Waals surface area contributed by atoms with E-state index in [2.05, 4.69) is 32.1 Å². The lowest BCUT2D eigenvalue weighted by molar-refractivity contribution is 0.190. The van der Waals surface area contributed by atoms with Crippen LogP contribution in [0.15, 0.2) is 28.4 Å². The molecule has 1 heterocycles. The number of nitrogens with zero attached hydrogens (tertiary/aromatic N) is 5. The predicted molar refractivity (Wildman–Crippen MR) is 111 cm³/mol. The van der Waals surface area contributed by atoms with Crippen molar-refractivity contribution in [3.63, 3.8) is 0 Å². The summed E-state index contributed by atoms with van der Waals surface area (Å²) in [6.07, 6.45) is 0. The summed E-state index contributed by atoms with van der Waals surface area (Å²) in [5.41, 5.74) is 3.83. The van der Waals surface area contributed by atoms with Crippen molar-refractivity contribution in [1.82, 2.24) is 0 Å². The summed E-state index contributed by atoms with van der Waals surface area (Å²) >= 11 is 1.19. The Hall–Kier alpha value is -2.78. The molecule has 7 nitrogen and oxygen atoms in total. The fraction of sp³-hybridized carbons (Fsp3) is 0.400. The maximum Gasteiger partial charge on any atom is 0.247 e. The van der Waals surface area contributed by atoms with Gasteiger partial charge >= 0.3 is 0 Å². The van der Waals surface area contributed by atoms with E-state index in [0.29, 0.717) is 34.3 Å². The zero-order valence-corrected chi connectivity index (χ0v) is 17.3. The van der Waals surface area contributed by atoms with Gasteiger partial charge in [-0.2, -0.15) is 5.26 Å². The van der Waals surface area contributed by atoms with Crippen LogP contribution < -0.4 is 4.90 Å². The van der Waals surface area contributed by atoms with Gasteiger partial charge in [0.05, 0.1) is 31.0 Å². The predicted octanol–water partition coefficient (Wildman–Crippen LogP) is 5.30. The Morgan fingerprint density at radius 2 is 1.86 bits per heavy atom. The lowest BCUT2D eigenvalue weighted by Gasteiger charge is -2.24. The van der Waals surface area contributed by atoms with E-state index in [0.717, 1.165) is 30.0 Å². The van der Waals surface area contributed by atoms with Crippen molar-refractivity contribution in [3.8, 4) is 6.07 Å². The highest BCUT2D eigenvalue weighted by Crippen LogP contribution is 2.41. The average Bonchev–Trinajstić information content (AvgIpc) is 3.01. The Morgan fingerprint density at radius 1 is 1.18 bits per heavy atom. The highest BCUT2D eigenvalue weighted by Gasteiger charge is 2.14. The van der Waals surface area contributed by atoms with Crippen LogP contribution >= 0.6 is 11.3 Å². The molecular weight excluding hydrogens is 374 g/mol. The molecule has 8 heteroatoms. The van der Waals surface area contributed by atoms with Crippen LogP contribution in [0.25, 0.3) is 4.85 Å². The van der Waals surface area contributed by atoms with Crippen molar-refractivity contribution in [2.24, 2.45) is 10.2 Å². The molecule has 0 radical (unpaired) electrons. The largest absolute Gasteiger partial charge is 0.383 e. The molecule has 0 aliphatic carbocycles. The quantitative estimate of drug-likeness (QED) is 0.425. The summed E-state index contributed by atoms with van der Waals surface area (Å²) in [6.45, 7) is 13.7. The molecule has 146 valence electrons. The Kier molecular flexibility index (Phi) is 8.09. The van der Waals surface area contributed by atoms with Crippen molar-refractivity contribution >= 4 is 32.7 Å². The van der Waals surface area contributed by atoms with Crippen LogP contribution in [0.4, 0.5) is 21.4 Å². The molecule has 0 atom stereocenters. The first-order chi connectivity index (χ1) is 13.5. The monoisotopic (exact) mass is 397 g/mol. The molecule has 0 spiro atoms. The third-order valence-corrected chi connectivity index (χ3v) is 5.31. The summed E-state index contributed by atoms with van der Waals surface area (Å²) in [5, 5.41) is 18.8. The van der Waals surface area contributed by atoms with E-state index in [9.17, 15) is 5.26 Å². The molecule has 0 unspecified atom stereocenters. The van der Waals surface area contributed by atoms with Gasteiger partial charge in [0.2, 0.25) is 5.00 Å². The molecule has 0 saturated carbocycles. The summed E-state index contributed by atoms with van der Waals surface area (Å²) in [6, 6.07) is 8.06. The molecule has 0 aliphatic rings. The van der Waals surface area contributed by atoms with Gasteiger partial charge in [-0.05, 0) is 43.2 Å². The minimum absolute atomic E-state index is 0.416. The Bertz CT molecular complexity index is 916. The number of anilines is 1. The van der Waals surface area contributed by atoms with Gasteiger partial charge in [-0.3, -0.25) is 0 Å². The van der Waals surface area contributed by atoms with Crippen LogP contribution in [-0.4, -0.2) is 40.5 Å². The lowest BCUT2D eigenvalue weighted by atomic mass is 10.1. The van der Waals surface area contributed by atoms with Crippen LogP contribution in [0.1, 0.15) is 16.7 Å². The minimum atomic E-state index is 0.416. The molecule has 2 aromatic rings. The van der Waals surface area contributed by atoms with Crippen LogP contribution in [0.3, 0.4) is 0 Å². The second-order valence-corrected chi connectivity index (χ2v) is 7.06. The average molecular weight is 398 g/mol. The highest BCUT2D eigenvalue weighted by molar-refractivity contribution is 7.20. The van der Waals surface area contributed by atoms with E-state index in [-0.39, 0.29) is 0 Å². The Morgan fingerprint density at radius 3 is 2.39 bits per heavy atom. The smallest absolute Gasteiger partial charge is 0.247 e. The standard InChI is InChI=1S/C20H23N5O2S/c1-14-12-16(25(8-10-26-4)9-11-27-5)6-7-18(14)23-24-20-17(13-21)15(2)19(22-3)28-20/h6-7,12H,8-11H2,1-2,4-5H3. The molecular formula is C20H23N5O2S. The van der Waals surface area contributed by atoms with Gasteiger partial charge < -0.3 is 14.4 Å². The summed E-state index contributed by atoms with van der Waals surface area (Å²) < 4.78 is 10.4. The van der Waals surface area contributed by atoms with Crippen molar-refractivity contribution in [2.75, 3.05) is 45.4 Å². The molecule has 0 fully saturated rings. The molecule has 1 aromatic heterocycles. The van der Waals surface area contributed by atoms with Crippen molar-refractivity contribution in [3.05, 3.63) is 46.3 Å². The van der Waals surface area contributed by atoms with Crippen LogP contribution in [0.2, 0.25) is 0 Å². The first kappa shape index (κ1) is 21.5. The third-order valence-electron chi connectivity index (χ3n) is 4.24. The van der Waals surface area contributed by atoms with Gasteiger partial charge in [-0.15, -0.1) is 21.6 Å². The van der Waals surface area contributed by atoms with Gasteiger partial charge in [0.1, 0.15) is 11.1 Å². The number of azo groups is 1. The van der Waals surface area contributed by atoms with Gasteiger partial charge in [0, 0.05) is 33.0 Å². The van der Waals surface area contributed by atoms with E-state index in [4.69, 9.17) is 16.0 Å². The third kappa shape index (κ3) is 5.14.